The highest BCUT2D eigenvalue weighted by molar-refractivity contribution is 6.30. The summed E-state index contributed by atoms with van der Waals surface area (Å²) < 4.78 is 0. The zero-order valence-corrected chi connectivity index (χ0v) is 23.9. The molecule has 2 spiro atoms. The standard InChI is InChI=1S/C34H56O2/c1-3-5-7-10-26-15-22-33(23-16-26)30(35)34(31(33)36)24-17-28(18-25-34)27-11-13-29(14-12-27)32(19-4-2)20-8-6-9-21-32/h26-29H,3-25H2,1-2H3. The first-order valence-corrected chi connectivity index (χ1v) is 16.6. The van der Waals surface area contributed by atoms with Crippen molar-refractivity contribution in [1.29, 1.82) is 0 Å². The molecule has 5 saturated carbocycles. The Morgan fingerprint density at radius 3 is 1.72 bits per heavy atom. The average molecular weight is 497 g/mol. The molecule has 5 aliphatic rings. The minimum Gasteiger partial charge on any atom is -0.297 e. The SMILES string of the molecule is CCCCCC1CCC2(CC1)C(=O)C1(CCC(C3CCC(C4(CCC)CCCCC4)CC3)CC1)C2=O. The van der Waals surface area contributed by atoms with Crippen LogP contribution in [0.15, 0.2) is 0 Å². The van der Waals surface area contributed by atoms with Gasteiger partial charge in [-0.25, -0.2) is 0 Å². The molecular weight excluding hydrogens is 440 g/mol. The van der Waals surface area contributed by atoms with Gasteiger partial charge in [0.15, 0.2) is 11.6 Å². The van der Waals surface area contributed by atoms with Gasteiger partial charge in [0.1, 0.15) is 0 Å². The fourth-order valence-electron chi connectivity index (χ4n) is 10.5. The van der Waals surface area contributed by atoms with E-state index in [0.29, 0.717) is 17.0 Å². The Bertz CT molecular complexity index is 725. The summed E-state index contributed by atoms with van der Waals surface area (Å²) in [5.74, 6) is 4.15. The Kier molecular flexibility index (Phi) is 8.39. The van der Waals surface area contributed by atoms with Crippen molar-refractivity contribution in [1.82, 2.24) is 0 Å². The summed E-state index contributed by atoms with van der Waals surface area (Å²) in [7, 11) is 0. The van der Waals surface area contributed by atoms with Crippen LogP contribution in [-0.2, 0) is 9.59 Å². The molecule has 0 aliphatic heterocycles. The smallest absolute Gasteiger partial charge is 0.159 e. The molecule has 0 aromatic rings. The Morgan fingerprint density at radius 2 is 1.17 bits per heavy atom. The van der Waals surface area contributed by atoms with Crippen LogP contribution < -0.4 is 0 Å². The van der Waals surface area contributed by atoms with E-state index in [1.807, 2.05) is 0 Å². The van der Waals surface area contributed by atoms with E-state index in [0.717, 1.165) is 75.0 Å². The minimum atomic E-state index is -0.546. The lowest BCUT2D eigenvalue weighted by Crippen LogP contribution is -2.68. The molecule has 0 saturated heterocycles. The second-order valence-corrected chi connectivity index (χ2v) is 14.4. The van der Waals surface area contributed by atoms with Crippen LogP contribution in [0.2, 0.25) is 0 Å². The summed E-state index contributed by atoms with van der Waals surface area (Å²) in [6.07, 6.45) is 29.2. The first-order chi connectivity index (χ1) is 17.5. The normalized spacial score (nSPS) is 40.9. The quantitative estimate of drug-likeness (QED) is 0.247. The van der Waals surface area contributed by atoms with E-state index in [9.17, 15) is 9.59 Å². The first kappa shape index (κ1) is 26.9. The molecule has 0 heterocycles. The molecule has 0 aromatic carbocycles. The molecule has 0 atom stereocenters. The van der Waals surface area contributed by atoms with Crippen LogP contribution in [0.3, 0.4) is 0 Å². The molecule has 36 heavy (non-hydrogen) atoms. The van der Waals surface area contributed by atoms with Crippen LogP contribution in [0.4, 0.5) is 0 Å². The highest BCUT2D eigenvalue weighted by Gasteiger charge is 2.70. The largest absolute Gasteiger partial charge is 0.297 e. The summed E-state index contributed by atoms with van der Waals surface area (Å²) in [4.78, 5) is 27.3. The molecule has 5 rings (SSSR count). The molecule has 0 amide bonds. The fraction of sp³-hybridized carbons (Fsp3) is 0.941. The number of Topliss-reactive ketones (excluding diaryl/α,β-unsaturated/α-hetero) is 2. The van der Waals surface area contributed by atoms with Gasteiger partial charge in [0.2, 0.25) is 0 Å². The van der Waals surface area contributed by atoms with Gasteiger partial charge >= 0.3 is 0 Å². The van der Waals surface area contributed by atoms with Crippen LogP contribution in [0, 0.1) is 39.9 Å². The van der Waals surface area contributed by atoms with Crippen LogP contribution in [0.1, 0.15) is 162 Å². The van der Waals surface area contributed by atoms with Crippen LogP contribution in [-0.4, -0.2) is 11.6 Å². The molecule has 0 aromatic heterocycles. The summed E-state index contributed by atoms with van der Waals surface area (Å²) in [6.45, 7) is 4.66. The van der Waals surface area contributed by atoms with Crippen molar-refractivity contribution in [2.24, 2.45) is 39.9 Å². The third kappa shape index (κ3) is 4.68. The molecular formula is C34H56O2. The number of unbranched alkanes of at least 4 members (excludes halogenated alkanes) is 2. The number of hydrogen-bond donors (Lipinski definition) is 0. The van der Waals surface area contributed by atoms with E-state index < -0.39 is 10.8 Å². The predicted molar refractivity (Wildman–Crippen MR) is 149 cm³/mol. The van der Waals surface area contributed by atoms with E-state index in [-0.39, 0.29) is 0 Å². The van der Waals surface area contributed by atoms with Crippen molar-refractivity contribution in [2.75, 3.05) is 0 Å². The summed E-state index contributed by atoms with van der Waals surface area (Å²) >= 11 is 0. The van der Waals surface area contributed by atoms with Crippen LogP contribution >= 0.6 is 0 Å². The molecule has 2 nitrogen and oxygen atoms in total. The van der Waals surface area contributed by atoms with Crippen molar-refractivity contribution in [3.63, 3.8) is 0 Å². The number of carbonyl (C=O) groups excluding carboxylic acids is 2. The maximum Gasteiger partial charge on any atom is 0.159 e. The lowest BCUT2D eigenvalue weighted by Gasteiger charge is -2.57. The topological polar surface area (TPSA) is 34.1 Å². The molecule has 0 radical (unpaired) electrons. The molecule has 0 N–H and O–H groups in total. The van der Waals surface area contributed by atoms with Gasteiger partial charge in [0.25, 0.3) is 0 Å². The number of hydrogen-bond acceptors (Lipinski definition) is 2. The van der Waals surface area contributed by atoms with Gasteiger partial charge in [-0.2, -0.15) is 0 Å². The fourth-order valence-corrected chi connectivity index (χ4v) is 10.5. The van der Waals surface area contributed by atoms with Crippen molar-refractivity contribution < 1.29 is 9.59 Å². The van der Waals surface area contributed by atoms with Gasteiger partial charge in [0, 0.05) is 0 Å². The third-order valence-electron chi connectivity index (χ3n) is 12.7. The van der Waals surface area contributed by atoms with Gasteiger partial charge in [-0.3, -0.25) is 9.59 Å². The highest BCUT2D eigenvalue weighted by atomic mass is 16.2. The maximum atomic E-state index is 13.7. The molecule has 204 valence electrons. The van der Waals surface area contributed by atoms with Gasteiger partial charge in [-0.05, 0) is 125 Å². The molecule has 0 unspecified atom stereocenters. The van der Waals surface area contributed by atoms with Gasteiger partial charge in [-0.1, -0.05) is 65.2 Å². The second-order valence-electron chi connectivity index (χ2n) is 14.4. The Balaban J connectivity index is 1.11. The number of carbonyl (C=O) groups is 2. The Labute approximate surface area is 222 Å². The predicted octanol–water partition coefficient (Wildman–Crippen LogP) is 9.63. The van der Waals surface area contributed by atoms with E-state index in [1.54, 1.807) is 0 Å². The monoisotopic (exact) mass is 496 g/mol. The lowest BCUT2D eigenvalue weighted by atomic mass is 9.42. The number of rotatable bonds is 8. The van der Waals surface area contributed by atoms with Crippen molar-refractivity contribution in [2.45, 2.75) is 162 Å². The Morgan fingerprint density at radius 1 is 0.611 bits per heavy atom. The van der Waals surface area contributed by atoms with Crippen molar-refractivity contribution in [3.05, 3.63) is 0 Å². The molecule has 0 bridgehead atoms. The number of ketones is 2. The third-order valence-corrected chi connectivity index (χ3v) is 12.7. The van der Waals surface area contributed by atoms with Gasteiger partial charge in [0.05, 0.1) is 10.8 Å². The molecule has 5 aliphatic carbocycles. The van der Waals surface area contributed by atoms with Crippen LogP contribution in [0.25, 0.3) is 0 Å². The molecule has 2 heteroatoms. The van der Waals surface area contributed by atoms with Gasteiger partial charge < -0.3 is 0 Å². The van der Waals surface area contributed by atoms with E-state index in [2.05, 4.69) is 13.8 Å². The summed E-state index contributed by atoms with van der Waals surface area (Å²) in [5, 5.41) is 0. The molecule has 5 fully saturated rings. The van der Waals surface area contributed by atoms with E-state index in [1.165, 1.54) is 96.3 Å². The minimum absolute atomic E-state index is 0.396. The zero-order chi connectivity index (χ0) is 25.2. The summed E-state index contributed by atoms with van der Waals surface area (Å²) in [5.41, 5.74) is -0.418. The zero-order valence-electron chi connectivity index (χ0n) is 23.9. The van der Waals surface area contributed by atoms with Crippen LogP contribution in [0.5, 0.6) is 0 Å². The van der Waals surface area contributed by atoms with Gasteiger partial charge in [-0.15, -0.1) is 0 Å². The first-order valence-electron chi connectivity index (χ1n) is 16.6. The second kappa shape index (κ2) is 11.2. The van der Waals surface area contributed by atoms with E-state index >= 15 is 0 Å². The lowest BCUT2D eigenvalue weighted by molar-refractivity contribution is -0.179. The highest BCUT2D eigenvalue weighted by Crippen LogP contribution is 2.62. The van der Waals surface area contributed by atoms with E-state index in [4.69, 9.17) is 0 Å². The average Bonchev–Trinajstić information content (AvgIpc) is 2.94. The maximum absolute atomic E-state index is 13.7. The Hall–Kier alpha value is -0.660. The van der Waals surface area contributed by atoms with Crippen molar-refractivity contribution in [3.8, 4) is 0 Å². The van der Waals surface area contributed by atoms with Crippen molar-refractivity contribution >= 4 is 11.6 Å². The summed E-state index contributed by atoms with van der Waals surface area (Å²) in [6, 6.07) is 0.